The van der Waals surface area contributed by atoms with E-state index in [1.165, 1.54) is 18.4 Å². The van der Waals surface area contributed by atoms with Crippen LogP contribution in [0.15, 0.2) is 18.2 Å². The lowest BCUT2D eigenvalue weighted by Gasteiger charge is -2.40. The van der Waals surface area contributed by atoms with Gasteiger partial charge in [0, 0.05) is 13.0 Å². The molecule has 1 aromatic carbocycles. The number of carbonyl (C=O) groups is 1. The third-order valence-electron chi connectivity index (χ3n) is 4.03. The highest BCUT2D eigenvalue weighted by atomic mass is 16.5. The van der Waals surface area contributed by atoms with Gasteiger partial charge in [0.1, 0.15) is 11.4 Å². The molecule has 1 aliphatic rings. The molecule has 0 atom stereocenters. The number of methoxy groups -OCH3 is 1. The summed E-state index contributed by atoms with van der Waals surface area (Å²) in [6.07, 6.45) is 3.34. The summed E-state index contributed by atoms with van der Waals surface area (Å²) in [4.78, 5) is 13.5. The zero-order chi connectivity index (χ0) is 16.2. The normalized spacial score (nSPS) is 15.9. The number of nitrogens with zero attached hydrogens (tertiary/aromatic N) is 1. The molecule has 0 aromatic heterocycles. The van der Waals surface area contributed by atoms with E-state index in [0.29, 0.717) is 6.42 Å². The number of esters is 1. The number of benzene rings is 1. The summed E-state index contributed by atoms with van der Waals surface area (Å²) in [7, 11) is 1.44. The van der Waals surface area contributed by atoms with Crippen LogP contribution in [-0.4, -0.2) is 31.8 Å². The van der Waals surface area contributed by atoms with Crippen molar-refractivity contribution in [1.82, 2.24) is 0 Å². The van der Waals surface area contributed by atoms with Crippen molar-refractivity contribution in [2.24, 2.45) is 0 Å². The van der Waals surface area contributed by atoms with E-state index in [4.69, 9.17) is 4.74 Å². The van der Waals surface area contributed by atoms with Crippen molar-refractivity contribution >= 4 is 11.7 Å². The van der Waals surface area contributed by atoms with Crippen LogP contribution in [0.5, 0.6) is 5.75 Å². The Hall–Kier alpha value is -1.71. The van der Waals surface area contributed by atoms with E-state index in [9.17, 15) is 4.79 Å². The van der Waals surface area contributed by atoms with E-state index in [-0.39, 0.29) is 11.6 Å². The van der Waals surface area contributed by atoms with Crippen LogP contribution < -0.4 is 9.64 Å². The highest BCUT2D eigenvalue weighted by Crippen LogP contribution is 2.37. The molecular formula is C18H27NO3. The van der Waals surface area contributed by atoms with Gasteiger partial charge in [-0.3, -0.25) is 4.79 Å². The molecule has 0 saturated carbocycles. The van der Waals surface area contributed by atoms with Crippen LogP contribution in [-0.2, 0) is 16.0 Å². The fourth-order valence-corrected chi connectivity index (χ4v) is 2.91. The van der Waals surface area contributed by atoms with Crippen molar-refractivity contribution in [3.63, 3.8) is 0 Å². The largest absolute Gasteiger partial charge is 0.484 e. The minimum absolute atomic E-state index is 0.127. The molecule has 0 bridgehead atoms. The second-order valence-electron chi connectivity index (χ2n) is 6.46. The van der Waals surface area contributed by atoms with Crippen molar-refractivity contribution in [3.8, 4) is 5.75 Å². The molecule has 0 aliphatic carbocycles. The maximum atomic E-state index is 11.1. The Labute approximate surface area is 133 Å². The van der Waals surface area contributed by atoms with Crippen LogP contribution in [0, 0.1) is 0 Å². The number of fused-ring (bicyclic) bond motifs is 1. The van der Waals surface area contributed by atoms with E-state index in [1.807, 2.05) is 0 Å². The van der Waals surface area contributed by atoms with Crippen molar-refractivity contribution in [2.45, 2.75) is 52.1 Å². The molecule has 0 unspecified atom stereocenters. The number of likely N-dealkylation sites (N-methyl/N-ethyl adjacent to an activating group) is 1. The molecule has 0 spiro atoms. The molecule has 1 aromatic rings. The number of rotatable bonds is 6. The Kier molecular flexibility index (Phi) is 5.33. The summed E-state index contributed by atoms with van der Waals surface area (Å²) >= 11 is 0. The van der Waals surface area contributed by atoms with E-state index in [1.54, 1.807) is 0 Å². The standard InChI is InChI=1S/C18H27NO3/c1-5-19-13-18(2,3)22-16-11-10-14(12-15(16)19)8-6-7-9-17(20)21-4/h10-12H,5-9,13H2,1-4H3. The van der Waals surface area contributed by atoms with Crippen molar-refractivity contribution in [2.75, 3.05) is 25.1 Å². The molecule has 0 fully saturated rings. The smallest absolute Gasteiger partial charge is 0.305 e. The second kappa shape index (κ2) is 7.03. The fourth-order valence-electron chi connectivity index (χ4n) is 2.91. The van der Waals surface area contributed by atoms with Gasteiger partial charge in [0.05, 0.1) is 19.3 Å². The number of carbonyl (C=O) groups excluding carboxylic acids is 1. The molecule has 1 heterocycles. The quantitative estimate of drug-likeness (QED) is 0.595. The summed E-state index contributed by atoms with van der Waals surface area (Å²) in [6, 6.07) is 6.44. The van der Waals surface area contributed by atoms with Gasteiger partial charge in [0.25, 0.3) is 0 Å². The molecular weight excluding hydrogens is 278 g/mol. The van der Waals surface area contributed by atoms with Gasteiger partial charge in [-0.1, -0.05) is 6.07 Å². The monoisotopic (exact) mass is 305 g/mol. The van der Waals surface area contributed by atoms with Crippen LogP contribution in [0.1, 0.15) is 45.6 Å². The van der Waals surface area contributed by atoms with Crippen molar-refractivity contribution in [1.29, 1.82) is 0 Å². The number of anilines is 1. The Bertz CT molecular complexity index is 525. The molecule has 0 radical (unpaired) electrons. The van der Waals surface area contributed by atoms with E-state index in [0.717, 1.165) is 38.1 Å². The van der Waals surface area contributed by atoms with Gasteiger partial charge < -0.3 is 14.4 Å². The van der Waals surface area contributed by atoms with Crippen molar-refractivity contribution < 1.29 is 14.3 Å². The number of hydrogen-bond acceptors (Lipinski definition) is 4. The van der Waals surface area contributed by atoms with Gasteiger partial charge in [-0.2, -0.15) is 0 Å². The summed E-state index contributed by atoms with van der Waals surface area (Å²) in [5.74, 6) is 0.842. The van der Waals surface area contributed by atoms with E-state index in [2.05, 4.69) is 48.6 Å². The third-order valence-corrected chi connectivity index (χ3v) is 4.03. The van der Waals surface area contributed by atoms with E-state index < -0.39 is 0 Å². The average Bonchev–Trinajstić information content (AvgIpc) is 2.49. The lowest BCUT2D eigenvalue weighted by atomic mass is 10.0. The maximum absolute atomic E-state index is 11.1. The summed E-state index contributed by atoms with van der Waals surface area (Å²) < 4.78 is 10.7. The summed E-state index contributed by atoms with van der Waals surface area (Å²) in [6.45, 7) is 8.31. The van der Waals surface area contributed by atoms with Gasteiger partial charge in [-0.05, 0) is 57.7 Å². The number of ether oxygens (including phenoxy) is 2. The Morgan fingerprint density at radius 2 is 2.14 bits per heavy atom. The Morgan fingerprint density at radius 1 is 1.36 bits per heavy atom. The Morgan fingerprint density at radius 3 is 2.82 bits per heavy atom. The number of unbranched alkanes of at least 4 members (excludes halogenated alkanes) is 1. The van der Waals surface area contributed by atoms with Crippen LogP contribution in [0.2, 0.25) is 0 Å². The van der Waals surface area contributed by atoms with Crippen LogP contribution in [0.25, 0.3) is 0 Å². The molecule has 4 nitrogen and oxygen atoms in total. The summed E-state index contributed by atoms with van der Waals surface area (Å²) in [5, 5.41) is 0. The number of hydrogen-bond donors (Lipinski definition) is 0. The minimum atomic E-state index is -0.148. The van der Waals surface area contributed by atoms with Crippen LogP contribution >= 0.6 is 0 Å². The molecule has 0 saturated heterocycles. The average molecular weight is 305 g/mol. The van der Waals surface area contributed by atoms with Gasteiger partial charge in [0.15, 0.2) is 0 Å². The molecule has 122 valence electrons. The first kappa shape index (κ1) is 16.7. The predicted molar refractivity (Wildman–Crippen MR) is 88.6 cm³/mol. The zero-order valence-corrected chi connectivity index (χ0v) is 14.1. The highest BCUT2D eigenvalue weighted by molar-refractivity contribution is 5.69. The molecule has 0 N–H and O–H groups in total. The topological polar surface area (TPSA) is 38.8 Å². The molecule has 4 heteroatoms. The highest BCUT2D eigenvalue weighted by Gasteiger charge is 2.30. The molecule has 1 aliphatic heterocycles. The Balaban J connectivity index is 2.00. The maximum Gasteiger partial charge on any atom is 0.305 e. The first-order valence-electron chi connectivity index (χ1n) is 8.09. The minimum Gasteiger partial charge on any atom is -0.484 e. The lowest BCUT2D eigenvalue weighted by molar-refractivity contribution is -0.140. The zero-order valence-electron chi connectivity index (χ0n) is 14.1. The number of aryl methyl sites for hydroxylation is 1. The van der Waals surface area contributed by atoms with Crippen LogP contribution in [0.4, 0.5) is 5.69 Å². The molecule has 22 heavy (non-hydrogen) atoms. The first-order valence-corrected chi connectivity index (χ1v) is 8.09. The van der Waals surface area contributed by atoms with Gasteiger partial charge in [-0.25, -0.2) is 0 Å². The summed E-state index contributed by atoms with van der Waals surface area (Å²) in [5.41, 5.74) is 2.34. The van der Waals surface area contributed by atoms with Gasteiger partial charge in [0.2, 0.25) is 0 Å². The second-order valence-corrected chi connectivity index (χ2v) is 6.46. The molecule has 0 amide bonds. The predicted octanol–water partition coefficient (Wildman–Crippen LogP) is 3.57. The van der Waals surface area contributed by atoms with Gasteiger partial charge >= 0.3 is 5.97 Å². The van der Waals surface area contributed by atoms with Crippen molar-refractivity contribution in [3.05, 3.63) is 23.8 Å². The third kappa shape index (κ3) is 4.15. The first-order chi connectivity index (χ1) is 10.4. The van der Waals surface area contributed by atoms with E-state index >= 15 is 0 Å². The van der Waals surface area contributed by atoms with Gasteiger partial charge in [-0.15, -0.1) is 0 Å². The molecule has 2 rings (SSSR count). The SMILES string of the molecule is CCN1CC(C)(C)Oc2ccc(CCCCC(=O)OC)cc21. The fraction of sp³-hybridized carbons (Fsp3) is 0.611. The van der Waals surface area contributed by atoms with Crippen LogP contribution in [0.3, 0.4) is 0 Å². The lowest BCUT2D eigenvalue weighted by Crippen LogP contribution is -2.46.